The highest BCUT2D eigenvalue weighted by atomic mass is 19.1. The number of nitrogens with zero attached hydrogens (tertiary/aromatic N) is 4. The number of nitrogens with one attached hydrogen (secondary N) is 1. The molecule has 3 aromatic rings. The molecule has 6 nitrogen and oxygen atoms in total. The first-order valence-corrected chi connectivity index (χ1v) is 12.6. The molecule has 178 valence electrons. The molecule has 1 unspecified atom stereocenters. The van der Waals surface area contributed by atoms with Crippen LogP contribution < -0.4 is 5.32 Å². The van der Waals surface area contributed by atoms with Gasteiger partial charge in [0.25, 0.3) is 0 Å². The van der Waals surface area contributed by atoms with Crippen LogP contribution in [0.15, 0.2) is 48.8 Å². The second-order valence-electron chi connectivity index (χ2n) is 11.2. The predicted octanol–water partition coefficient (Wildman–Crippen LogP) is 5.83. The number of ketones is 1. The van der Waals surface area contributed by atoms with Gasteiger partial charge in [0.05, 0.1) is 17.3 Å². The molecule has 0 saturated heterocycles. The summed E-state index contributed by atoms with van der Waals surface area (Å²) in [5.74, 6) is 2.98. The number of rotatable bonds is 4. The topological polar surface area (TPSA) is 72.7 Å². The average Bonchev–Trinajstić information content (AvgIpc) is 3.26. The summed E-state index contributed by atoms with van der Waals surface area (Å²) >= 11 is 0. The average molecular weight is 470 g/mol. The second-order valence-corrected chi connectivity index (χ2v) is 11.2. The molecule has 0 aliphatic heterocycles. The van der Waals surface area contributed by atoms with Gasteiger partial charge in [0.1, 0.15) is 5.82 Å². The smallest absolute Gasteiger partial charge is 0.228 e. The molecule has 4 saturated carbocycles. The highest BCUT2D eigenvalue weighted by molar-refractivity contribution is 6.04. The largest absolute Gasteiger partial charge is 0.307 e. The van der Waals surface area contributed by atoms with Crippen molar-refractivity contribution in [2.24, 2.45) is 23.2 Å². The third kappa shape index (κ3) is 3.43. The van der Waals surface area contributed by atoms with E-state index in [0.29, 0.717) is 17.5 Å². The molecule has 1 atom stereocenters. The van der Waals surface area contributed by atoms with Crippen LogP contribution in [-0.2, 0) is 4.79 Å². The van der Waals surface area contributed by atoms with Gasteiger partial charge in [-0.15, -0.1) is 0 Å². The zero-order valence-corrected chi connectivity index (χ0v) is 19.7. The van der Waals surface area contributed by atoms with Crippen LogP contribution in [0.4, 0.5) is 16.2 Å². The summed E-state index contributed by atoms with van der Waals surface area (Å²) in [4.78, 5) is 23.0. The lowest BCUT2D eigenvalue weighted by Gasteiger charge is -2.59. The molecule has 2 aromatic heterocycles. The van der Waals surface area contributed by atoms with Crippen molar-refractivity contribution in [3.63, 3.8) is 0 Å². The summed E-state index contributed by atoms with van der Waals surface area (Å²) in [5, 5.41) is 7.72. The Morgan fingerprint density at radius 2 is 1.83 bits per heavy atom. The van der Waals surface area contributed by atoms with Crippen molar-refractivity contribution in [3.8, 4) is 5.69 Å². The van der Waals surface area contributed by atoms with Gasteiger partial charge in [-0.25, -0.2) is 19.0 Å². The van der Waals surface area contributed by atoms with E-state index in [1.807, 2.05) is 19.2 Å². The first kappa shape index (κ1) is 21.0. The van der Waals surface area contributed by atoms with Gasteiger partial charge in [0.15, 0.2) is 11.6 Å². The van der Waals surface area contributed by atoms with Gasteiger partial charge in [0, 0.05) is 24.0 Å². The summed E-state index contributed by atoms with van der Waals surface area (Å²) in [6.45, 7) is 1.98. The number of aromatic nitrogens is 4. The normalized spacial score (nSPS) is 30.8. The maximum Gasteiger partial charge on any atom is 0.228 e. The van der Waals surface area contributed by atoms with Crippen LogP contribution in [0.3, 0.4) is 0 Å². The summed E-state index contributed by atoms with van der Waals surface area (Å²) in [5.41, 5.74) is 3.47. The lowest BCUT2D eigenvalue weighted by molar-refractivity contribution is -0.127. The molecule has 1 aromatic carbocycles. The number of allylic oxidation sites excluding steroid dienone is 2. The Morgan fingerprint density at radius 1 is 1.09 bits per heavy atom. The number of anilines is 2. The standard InChI is InChI=1S/C28H28FN5O/c1-16-7-23(35)25(28-12-17-8-18(13-28)10-19(9-17)14-28)26-22(16)15-30-27(32-26)31-24-5-6-34(33-24)21-4-2-3-20(29)11-21/h2-7,11,15,17-19,25H,8-10,12-14H2,1H3,(H,30,31,32,33). The van der Waals surface area contributed by atoms with Crippen LogP contribution in [0.1, 0.15) is 62.6 Å². The second kappa shape index (κ2) is 7.57. The Hall–Kier alpha value is -3.35. The Bertz CT molecular complexity index is 1340. The summed E-state index contributed by atoms with van der Waals surface area (Å²) in [6, 6.07) is 8.10. The molecule has 35 heavy (non-hydrogen) atoms. The number of carbonyl (C=O) groups excluding carboxylic acids is 1. The maximum absolute atomic E-state index is 13.6. The highest BCUT2D eigenvalue weighted by Crippen LogP contribution is 2.65. The highest BCUT2D eigenvalue weighted by Gasteiger charge is 2.57. The van der Waals surface area contributed by atoms with Crippen molar-refractivity contribution in [3.05, 3.63) is 65.9 Å². The number of hydrogen-bond donors (Lipinski definition) is 1. The Morgan fingerprint density at radius 3 is 2.54 bits per heavy atom. The van der Waals surface area contributed by atoms with E-state index in [4.69, 9.17) is 4.98 Å². The minimum atomic E-state index is -0.311. The van der Waals surface area contributed by atoms with E-state index >= 15 is 0 Å². The predicted molar refractivity (Wildman–Crippen MR) is 131 cm³/mol. The van der Waals surface area contributed by atoms with E-state index in [0.717, 1.165) is 53.8 Å². The lowest BCUT2D eigenvalue weighted by Crippen LogP contribution is -2.51. The molecular weight excluding hydrogens is 441 g/mol. The number of halogens is 1. The van der Waals surface area contributed by atoms with Gasteiger partial charge in [-0.1, -0.05) is 6.07 Å². The van der Waals surface area contributed by atoms with Gasteiger partial charge in [-0.2, -0.15) is 5.10 Å². The summed E-state index contributed by atoms with van der Waals surface area (Å²) in [7, 11) is 0. The molecule has 5 aliphatic rings. The fourth-order valence-electron chi connectivity index (χ4n) is 7.88. The molecule has 5 aliphatic carbocycles. The van der Waals surface area contributed by atoms with Crippen molar-refractivity contribution in [1.82, 2.24) is 19.7 Å². The third-order valence-corrected chi connectivity index (χ3v) is 8.76. The number of hydrogen-bond acceptors (Lipinski definition) is 5. The molecule has 7 heteroatoms. The van der Waals surface area contributed by atoms with Crippen molar-refractivity contribution in [2.75, 3.05) is 5.32 Å². The van der Waals surface area contributed by atoms with Crippen molar-refractivity contribution >= 4 is 23.1 Å². The zero-order chi connectivity index (χ0) is 23.7. The molecule has 8 rings (SSSR count). The van der Waals surface area contributed by atoms with Crippen LogP contribution >= 0.6 is 0 Å². The van der Waals surface area contributed by atoms with E-state index < -0.39 is 0 Å². The summed E-state index contributed by atoms with van der Waals surface area (Å²) in [6.07, 6.45) is 12.9. The quantitative estimate of drug-likeness (QED) is 0.520. The fourth-order valence-corrected chi connectivity index (χ4v) is 7.88. The van der Waals surface area contributed by atoms with Gasteiger partial charge in [-0.3, -0.25) is 4.79 Å². The summed E-state index contributed by atoms with van der Waals surface area (Å²) < 4.78 is 15.2. The Labute approximate surface area is 203 Å². The van der Waals surface area contributed by atoms with E-state index in [9.17, 15) is 9.18 Å². The van der Waals surface area contributed by atoms with Crippen molar-refractivity contribution in [1.29, 1.82) is 0 Å². The SMILES string of the molecule is CC1=CC(=O)C(C23CC4CC(CC(C4)C2)C3)c2nc(Nc3ccn(-c4cccc(F)c4)n3)ncc21. The van der Waals surface area contributed by atoms with E-state index in [1.54, 1.807) is 29.1 Å². The van der Waals surface area contributed by atoms with Gasteiger partial charge < -0.3 is 5.32 Å². The molecule has 4 bridgehead atoms. The molecule has 0 radical (unpaired) electrons. The van der Waals surface area contributed by atoms with Gasteiger partial charge in [0.2, 0.25) is 5.95 Å². The van der Waals surface area contributed by atoms with Crippen LogP contribution in [0.2, 0.25) is 0 Å². The van der Waals surface area contributed by atoms with Gasteiger partial charge >= 0.3 is 0 Å². The lowest BCUT2D eigenvalue weighted by atomic mass is 9.45. The van der Waals surface area contributed by atoms with Crippen molar-refractivity contribution in [2.45, 2.75) is 51.4 Å². The first-order chi connectivity index (χ1) is 17.0. The van der Waals surface area contributed by atoms with Crippen LogP contribution in [-0.4, -0.2) is 25.5 Å². The van der Waals surface area contributed by atoms with Crippen LogP contribution in [0, 0.1) is 29.0 Å². The molecule has 0 spiro atoms. The number of fused-ring (bicyclic) bond motifs is 1. The monoisotopic (exact) mass is 469 g/mol. The van der Waals surface area contributed by atoms with E-state index in [2.05, 4.69) is 15.4 Å². The van der Waals surface area contributed by atoms with Crippen LogP contribution in [0.5, 0.6) is 0 Å². The minimum absolute atomic E-state index is 0.0301. The third-order valence-electron chi connectivity index (χ3n) is 8.76. The molecule has 2 heterocycles. The number of carbonyl (C=O) groups is 1. The molecule has 1 N–H and O–H groups in total. The first-order valence-electron chi connectivity index (χ1n) is 12.6. The fraction of sp³-hybridized carbons (Fsp3) is 0.429. The van der Waals surface area contributed by atoms with Crippen LogP contribution in [0.25, 0.3) is 11.3 Å². The number of benzene rings is 1. The Kier molecular flexibility index (Phi) is 4.54. The molecule has 0 amide bonds. The van der Waals surface area contributed by atoms with E-state index in [-0.39, 0.29) is 22.9 Å². The van der Waals surface area contributed by atoms with Gasteiger partial charge in [-0.05, 0) is 98.5 Å². The van der Waals surface area contributed by atoms with E-state index in [1.165, 1.54) is 31.4 Å². The maximum atomic E-state index is 13.6. The zero-order valence-electron chi connectivity index (χ0n) is 19.7. The molecule has 4 fully saturated rings. The molecular formula is C28H28FN5O. The Balaban J connectivity index is 1.23. The minimum Gasteiger partial charge on any atom is -0.307 e. The van der Waals surface area contributed by atoms with Crippen molar-refractivity contribution < 1.29 is 9.18 Å².